The largest absolute Gasteiger partial charge is 0.465 e. The number of halogens is 4. The van der Waals surface area contributed by atoms with Gasteiger partial charge in [0.15, 0.2) is 9.84 Å². The second-order valence-corrected chi connectivity index (χ2v) is 14.1. The summed E-state index contributed by atoms with van der Waals surface area (Å²) in [6, 6.07) is 7.56. The number of rotatable bonds is 11. The van der Waals surface area contributed by atoms with Crippen molar-refractivity contribution in [2.45, 2.75) is 87.2 Å². The fraction of sp³-hybridized carbons (Fsp3) is 0.562. The number of likely N-dealkylation sites (N-methyl/N-ethyl adjacent to an activating group) is 1. The third-order valence-corrected chi connectivity index (χ3v) is 10.1. The van der Waals surface area contributed by atoms with Crippen molar-refractivity contribution in [1.82, 2.24) is 14.7 Å². The van der Waals surface area contributed by atoms with Crippen LogP contribution in [-0.4, -0.2) is 90.7 Å². The summed E-state index contributed by atoms with van der Waals surface area (Å²) in [4.78, 5) is 30.9. The third-order valence-electron chi connectivity index (χ3n) is 8.99. The SMILES string of the molecule is CCN(C(=O)Cc1ccc(S(C)(=O)=O)cc1)C1CCN(CCC(c2cc(F)cc(F)c2)N(C(=O)O)C2CCC(F)(F)CC2)CC1. The standard InChI is InChI=1S/C32H41F4N3O5S/c1-3-38(30(40)18-22-4-6-28(7-5-22)45(2,43)44)26-10-15-37(16-11-26)17-12-29(23-19-24(33)21-25(34)20-23)39(31(41)42)27-8-13-32(35,36)14-9-27/h4-7,19-21,26-27,29H,3,8-18H2,1-2H3,(H,41,42). The van der Waals surface area contributed by atoms with Crippen LogP contribution in [0.15, 0.2) is 47.4 Å². The zero-order chi connectivity index (χ0) is 32.9. The predicted molar refractivity (Wildman–Crippen MR) is 161 cm³/mol. The van der Waals surface area contributed by atoms with Gasteiger partial charge in [-0.25, -0.2) is 30.8 Å². The summed E-state index contributed by atoms with van der Waals surface area (Å²) in [7, 11) is -3.33. The van der Waals surface area contributed by atoms with Crippen molar-refractivity contribution in [3.8, 4) is 0 Å². The molecule has 1 heterocycles. The van der Waals surface area contributed by atoms with E-state index in [9.17, 15) is 40.7 Å². The van der Waals surface area contributed by atoms with Crippen LogP contribution in [0.2, 0.25) is 0 Å². The molecule has 2 aromatic carbocycles. The first kappa shape index (κ1) is 34.7. The van der Waals surface area contributed by atoms with Gasteiger partial charge < -0.3 is 14.9 Å². The first-order valence-corrected chi connectivity index (χ1v) is 17.2. The fourth-order valence-electron chi connectivity index (χ4n) is 6.61. The predicted octanol–water partition coefficient (Wildman–Crippen LogP) is 5.91. The summed E-state index contributed by atoms with van der Waals surface area (Å²) in [5.41, 5.74) is 0.863. The lowest BCUT2D eigenvalue weighted by molar-refractivity contribution is -0.133. The van der Waals surface area contributed by atoms with Crippen molar-refractivity contribution < 1.29 is 40.7 Å². The van der Waals surface area contributed by atoms with Gasteiger partial charge in [0.05, 0.1) is 17.4 Å². The Morgan fingerprint density at radius 2 is 1.56 bits per heavy atom. The van der Waals surface area contributed by atoms with Gasteiger partial charge in [-0.15, -0.1) is 0 Å². The van der Waals surface area contributed by atoms with Crippen molar-refractivity contribution >= 4 is 21.8 Å². The number of benzene rings is 2. The van der Waals surface area contributed by atoms with Crippen molar-refractivity contribution in [2.24, 2.45) is 0 Å². The van der Waals surface area contributed by atoms with Gasteiger partial charge in [-0.3, -0.25) is 9.69 Å². The lowest BCUT2D eigenvalue weighted by Crippen LogP contribution is -2.49. The van der Waals surface area contributed by atoms with Crippen LogP contribution in [0.3, 0.4) is 0 Å². The van der Waals surface area contributed by atoms with Gasteiger partial charge in [0, 0.05) is 63.4 Å². The molecule has 0 spiro atoms. The number of likely N-dealkylation sites (tertiary alicyclic amines) is 1. The van der Waals surface area contributed by atoms with Crippen molar-refractivity contribution in [1.29, 1.82) is 0 Å². The van der Waals surface area contributed by atoms with E-state index < -0.39 is 58.4 Å². The zero-order valence-corrected chi connectivity index (χ0v) is 26.4. The molecule has 0 aromatic heterocycles. The molecule has 248 valence electrons. The highest BCUT2D eigenvalue weighted by Crippen LogP contribution is 2.39. The van der Waals surface area contributed by atoms with E-state index in [0.29, 0.717) is 50.7 Å². The molecular formula is C32H41F4N3O5S. The number of sulfone groups is 1. The summed E-state index contributed by atoms with van der Waals surface area (Å²) in [5, 5.41) is 10.2. The van der Waals surface area contributed by atoms with Crippen LogP contribution >= 0.6 is 0 Å². The minimum Gasteiger partial charge on any atom is -0.465 e. The number of carbonyl (C=O) groups excluding carboxylic acids is 1. The van der Waals surface area contributed by atoms with E-state index in [-0.39, 0.29) is 48.1 Å². The molecule has 8 nitrogen and oxygen atoms in total. The van der Waals surface area contributed by atoms with E-state index in [0.717, 1.165) is 23.3 Å². The van der Waals surface area contributed by atoms with Gasteiger partial charge in [-0.1, -0.05) is 12.1 Å². The summed E-state index contributed by atoms with van der Waals surface area (Å²) in [5.74, 6) is -4.60. The Balaban J connectivity index is 1.40. The monoisotopic (exact) mass is 655 g/mol. The first-order valence-electron chi connectivity index (χ1n) is 15.3. The number of carbonyl (C=O) groups is 2. The molecule has 1 aliphatic carbocycles. The zero-order valence-electron chi connectivity index (χ0n) is 25.6. The normalized spacial score (nSPS) is 18.8. The topological polar surface area (TPSA) is 98.2 Å². The number of carboxylic acid groups (broad SMARTS) is 1. The van der Waals surface area contributed by atoms with Crippen LogP contribution in [0, 0.1) is 11.6 Å². The summed E-state index contributed by atoms with van der Waals surface area (Å²) < 4.78 is 79.7. The Kier molecular flexibility index (Phi) is 11.2. The molecule has 2 aliphatic rings. The van der Waals surface area contributed by atoms with E-state index in [1.807, 2.05) is 11.8 Å². The molecule has 4 rings (SSSR count). The van der Waals surface area contributed by atoms with Gasteiger partial charge >= 0.3 is 6.09 Å². The Bertz CT molecular complexity index is 1420. The second kappa shape index (κ2) is 14.5. The van der Waals surface area contributed by atoms with Crippen LogP contribution < -0.4 is 0 Å². The van der Waals surface area contributed by atoms with Crippen molar-refractivity contribution in [3.05, 3.63) is 65.2 Å². The summed E-state index contributed by atoms with van der Waals surface area (Å²) in [6.45, 7) is 4.05. The minimum atomic E-state index is -3.33. The van der Waals surface area contributed by atoms with Crippen LogP contribution in [0.5, 0.6) is 0 Å². The van der Waals surface area contributed by atoms with Gasteiger partial charge in [-0.05, 0) is 74.4 Å². The molecular weight excluding hydrogens is 614 g/mol. The second-order valence-electron chi connectivity index (χ2n) is 12.1. The van der Waals surface area contributed by atoms with E-state index in [1.54, 1.807) is 12.1 Å². The molecule has 2 aromatic rings. The van der Waals surface area contributed by atoms with Gasteiger partial charge in [0.1, 0.15) is 11.6 Å². The number of nitrogens with zero attached hydrogens (tertiary/aromatic N) is 3. The molecule has 1 unspecified atom stereocenters. The summed E-state index contributed by atoms with van der Waals surface area (Å²) >= 11 is 0. The van der Waals surface area contributed by atoms with Crippen LogP contribution in [0.1, 0.15) is 69.0 Å². The van der Waals surface area contributed by atoms with Crippen molar-refractivity contribution in [2.75, 3.05) is 32.4 Å². The van der Waals surface area contributed by atoms with Gasteiger partial charge in [0.25, 0.3) is 0 Å². The average Bonchev–Trinajstić information content (AvgIpc) is 2.96. The van der Waals surface area contributed by atoms with Gasteiger partial charge in [-0.2, -0.15) is 0 Å². The van der Waals surface area contributed by atoms with E-state index >= 15 is 0 Å². The van der Waals surface area contributed by atoms with Crippen LogP contribution in [-0.2, 0) is 21.1 Å². The van der Waals surface area contributed by atoms with Crippen LogP contribution in [0.25, 0.3) is 0 Å². The number of hydrogen-bond donors (Lipinski definition) is 1. The molecule has 2 amide bonds. The molecule has 1 saturated heterocycles. The first-order chi connectivity index (χ1) is 21.2. The highest BCUT2D eigenvalue weighted by Gasteiger charge is 2.41. The Morgan fingerprint density at radius 3 is 2.07 bits per heavy atom. The molecule has 2 fully saturated rings. The molecule has 1 aliphatic heterocycles. The molecule has 45 heavy (non-hydrogen) atoms. The lowest BCUT2D eigenvalue weighted by atomic mass is 9.89. The molecule has 1 saturated carbocycles. The maximum Gasteiger partial charge on any atom is 0.408 e. The van der Waals surface area contributed by atoms with Crippen molar-refractivity contribution in [3.63, 3.8) is 0 Å². The highest BCUT2D eigenvalue weighted by molar-refractivity contribution is 7.90. The van der Waals surface area contributed by atoms with E-state index in [4.69, 9.17) is 0 Å². The van der Waals surface area contributed by atoms with Crippen LogP contribution in [0.4, 0.5) is 22.4 Å². The fourth-order valence-corrected chi connectivity index (χ4v) is 7.24. The van der Waals surface area contributed by atoms with E-state index in [2.05, 4.69) is 4.90 Å². The number of hydrogen-bond acceptors (Lipinski definition) is 5. The molecule has 13 heteroatoms. The van der Waals surface area contributed by atoms with Gasteiger partial charge in [0.2, 0.25) is 11.8 Å². The smallest absolute Gasteiger partial charge is 0.408 e. The Morgan fingerprint density at radius 1 is 0.978 bits per heavy atom. The maximum absolute atomic E-state index is 14.2. The Hall–Kier alpha value is -3.19. The average molecular weight is 656 g/mol. The highest BCUT2D eigenvalue weighted by atomic mass is 32.2. The lowest BCUT2D eigenvalue weighted by Gasteiger charge is -2.42. The summed E-state index contributed by atoms with van der Waals surface area (Å²) in [6.07, 6.45) is 0.538. The number of amides is 2. The molecule has 1 atom stereocenters. The number of alkyl halides is 2. The number of piperidine rings is 1. The molecule has 0 bridgehead atoms. The molecule has 1 N–H and O–H groups in total. The third kappa shape index (κ3) is 9.18. The Labute approximate surface area is 261 Å². The van der Waals surface area contributed by atoms with E-state index in [1.165, 1.54) is 12.1 Å². The molecule has 0 radical (unpaired) electrons. The quantitative estimate of drug-likeness (QED) is 0.302. The minimum absolute atomic E-state index is 0.0124. The maximum atomic E-state index is 14.2.